The fourth-order valence-corrected chi connectivity index (χ4v) is 4.62. The van der Waals surface area contributed by atoms with Crippen LogP contribution >= 0.6 is 22.7 Å². The van der Waals surface area contributed by atoms with E-state index in [-0.39, 0.29) is 37.8 Å². The van der Waals surface area contributed by atoms with Crippen molar-refractivity contribution in [3.8, 4) is 10.6 Å². The van der Waals surface area contributed by atoms with Crippen LogP contribution in [0.25, 0.3) is 20.8 Å². The lowest BCUT2D eigenvalue weighted by Crippen LogP contribution is -2.12. The van der Waals surface area contributed by atoms with Crippen LogP contribution in [0.15, 0.2) is 47.8 Å². The van der Waals surface area contributed by atoms with E-state index in [0.717, 1.165) is 17.4 Å². The van der Waals surface area contributed by atoms with Gasteiger partial charge in [0.15, 0.2) is 0 Å². The lowest BCUT2D eigenvalue weighted by molar-refractivity contribution is -0.384. The Bertz CT molecular complexity index is 1300. The molecule has 4 rings (SSSR count). The number of carbonyl (C=O) groups is 1. The van der Waals surface area contributed by atoms with Crippen molar-refractivity contribution in [1.82, 2.24) is 4.98 Å². The number of rotatable bonds is 4. The van der Waals surface area contributed by atoms with E-state index in [1.165, 1.54) is 35.6 Å². The maximum absolute atomic E-state index is 13.7. The van der Waals surface area contributed by atoms with E-state index in [4.69, 9.17) is 5.73 Å². The smallest absolute Gasteiger partial charge is 0.397 e. The Hall–Kier alpha value is -3.51. The zero-order valence-corrected chi connectivity index (χ0v) is 16.9. The minimum absolute atomic E-state index is 0.00965. The zero-order chi connectivity index (χ0) is 22.3. The molecule has 0 spiro atoms. The maximum atomic E-state index is 13.7. The Morgan fingerprint density at radius 3 is 2.48 bits per heavy atom. The van der Waals surface area contributed by atoms with Crippen molar-refractivity contribution >= 4 is 55.9 Å². The van der Waals surface area contributed by atoms with Gasteiger partial charge in [-0.15, -0.1) is 22.7 Å². The largest absolute Gasteiger partial charge is 0.417 e. The van der Waals surface area contributed by atoms with Gasteiger partial charge in [0.25, 0.3) is 11.6 Å². The number of thiophene rings is 2. The Morgan fingerprint density at radius 2 is 1.90 bits per heavy atom. The number of hydrogen-bond donors (Lipinski definition) is 2. The molecule has 0 fully saturated rings. The van der Waals surface area contributed by atoms with Gasteiger partial charge in [-0.25, -0.2) is 4.98 Å². The van der Waals surface area contributed by atoms with Crippen LogP contribution in [-0.4, -0.2) is 15.8 Å². The molecule has 0 aliphatic carbocycles. The van der Waals surface area contributed by atoms with E-state index < -0.39 is 22.6 Å². The van der Waals surface area contributed by atoms with Gasteiger partial charge in [-0.3, -0.25) is 14.9 Å². The average molecular weight is 464 g/mol. The van der Waals surface area contributed by atoms with Crippen LogP contribution in [0.4, 0.5) is 30.2 Å². The quantitative estimate of drug-likeness (QED) is 0.293. The number of anilines is 2. The summed E-state index contributed by atoms with van der Waals surface area (Å²) in [6.45, 7) is 0. The summed E-state index contributed by atoms with van der Waals surface area (Å²) in [7, 11) is 0. The number of halogens is 3. The van der Waals surface area contributed by atoms with E-state index in [9.17, 15) is 28.1 Å². The fraction of sp³-hybridized carbons (Fsp3) is 0.0526. The van der Waals surface area contributed by atoms with Gasteiger partial charge in [0.1, 0.15) is 9.71 Å². The second kappa shape index (κ2) is 7.63. The molecule has 31 heavy (non-hydrogen) atoms. The number of nitro groups is 1. The number of nitrogens with zero attached hydrogens (tertiary/aromatic N) is 2. The first kappa shape index (κ1) is 20.8. The van der Waals surface area contributed by atoms with Gasteiger partial charge in [-0.2, -0.15) is 13.2 Å². The molecule has 0 atom stereocenters. The molecule has 12 heteroatoms. The Morgan fingerprint density at radius 1 is 1.19 bits per heavy atom. The molecule has 0 aliphatic heterocycles. The third-order valence-electron chi connectivity index (χ3n) is 4.32. The number of nitrogen functional groups attached to an aromatic ring is 1. The molecule has 3 aromatic heterocycles. The van der Waals surface area contributed by atoms with Gasteiger partial charge in [0, 0.05) is 23.2 Å². The van der Waals surface area contributed by atoms with Crippen molar-refractivity contribution in [3.05, 3.63) is 68.4 Å². The van der Waals surface area contributed by atoms with Gasteiger partial charge in [-0.05, 0) is 29.6 Å². The highest BCUT2D eigenvalue weighted by Crippen LogP contribution is 2.44. The molecule has 4 aromatic rings. The third-order valence-corrected chi connectivity index (χ3v) is 6.31. The van der Waals surface area contributed by atoms with Gasteiger partial charge < -0.3 is 11.1 Å². The van der Waals surface area contributed by atoms with Gasteiger partial charge in [0.2, 0.25) is 0 Å². The van der Waals surface area contributed by atoms with Gasteiger partial charge in [0.05, 0.1) is 26.7 Å². The maximum Gasteiger partial charge on any atom is 0.417 e. The number of nitrogens with two attached hydrogens (primary N) is 1. The standard InChI is InChI=1S/C19H11F3N4O3S2/c20-19(21,22)11-8-12(13-2-1-7-30-13)25-18-14(11)15(23)16(31-18)17(27)24-9-3-5-10(6-4-9)26(28)29/h1-8H,23H2,(H,24,27). The van der Waals surface area contributed by atoms with Crippen molar-refractivity contribution in [3.63, 3.8) is 0 Å². The minimum Gasteiger partial charge on any atom is -0.397 e. The third kappa shape index (κ3) is 3.94. The van der Waals surface area contributed by atoms with Crippen LogP contribution in [0.5, 0.6) is 0 Å². The summed E-state index contributed by atoms with van der Waals surface area (Å²) in [5.41, 5.74) is 4.86. The lowest BCUT2D eigenvalue weighted by atomic mass is 10.1. The van der Waals surface area contributed by atoms with Crippen LogP contribution < -0.4 is 11.1 Å². The molecule has 0 unspecified atom stereocenters. The number of nitro benzene ring substituents is 1. The van der Waals surface area contributed by atoms with Crippen molar-refractivity contribution in [1.29, 1.82) is 0 Å². The summed E-state index contributed by atoms with van der Waals surface area (Å²) in [6.07, 6.45) is -4.70. The van der Waals surface area contributed by atoms with Gasteiger partial charge >= 0.3 is 6.18 Å². The van der Waals surface area contributed by atoms with E-state index in [1.54, 1.807) is 17.5 Å². The number of pyridine rings is 1. The number of benzene rings is 1. The van der Waals surface area contributed by atoms with E-state index in [1.807, 2.05) is 0 Å². The predicted molar refractivity (Wildman–Crippen MR) is 113 cm³/mol. The Kier molecular flexibility index (Phi) is 5.11. The van der Waals surface area contributed by atoms with Crippen molar-refractivity contribution < 1.29 is 22.9 Å². The number of aromatic nitrogens is 1. The molecule has 158 valence electrons. The number of carbonyl (C=O) groups excluding carboxylic acids is 1. The molecule has 0 saturated carbocycles. The number of amides is 1. The predicted octanol–water partition coefficient (Wildman–Crippen LogP) is 5.79. The number of non-ortho nitro benzene ring substituents is 1. The number of fused-ring (bicyclic) bond motifs is 1. The highest BCUT2D eigenvalue weighted by molar-refractivity contribution is 7.21. The summed E-state index contributed by atoms with van der Waals surface area (Å²) in [5.74, 6) is -0.736. The van der Waals surface area contributed by atoms with Gasteiger partial charge in [-0.1, -0.05) is 6.07 Å². The van der Waals surface area contributed by atoms with E-state index in [0.29, 0.717) is 4.88 Å². The van der Waals surface area contributed by atoms with E-state index in [2.05, 4.69) is 10.3 Å². The molecule has 0 aliphatic rings. The summed E-state index contributed by atoms with van der Waals surface area (Å²) in [5, 5.41) is 14.6. The minimum atomic E-state index is -4.70. The van der Waals surface area contributed by atoms with Crippen molar-refractivity contribution in [2.24, 2.45) is 0 Å². The highest BCUT2D eigenvalue weighted by atomic mass is 32.1. The van der Waals surface area contributed by atoms with Crippen LogP contribution in [0.2, 0.25) is 0 Å². The second-order valence-electron chi connectivity index (χ2n) is 6.31. The summed E-state index contributed by atoms with van der Waals surface area (Å²) >= 11 is 1.99. The zero-order valence-electron chi connectivity index (χ0n) is 15.3. The first-order valence-corrected chi connectivity index (χ1v) is 10.2. The molecule has 3 heterocycles. The highest BCUT2D eigenvalue weighted by Gasteiger charge is 2.36. The number of nitrogens with one attached hydrogen (secondary N) is 1. The van der Waals surface area contributed by atoms with Crippen molar-refractivity contribution in [2.75, 3.05) is 11.1 Å². The SMILES string of the molecule is Nc1c(C(=O)Nc2ccc([N+](=O)[O-])cc2)sc2nc(-c3cccs3)cc(C(F)(F)F)c12. The molecule has 0 radical (unpaired) electrons. The summed E-state index contributed by atoms with van der Waals surface area (Å²) < 4.78 is 41.2. The Labute approximate surface area is 180 Å². The van der Waals surface area contributed by atoms with Crippen LogP contribution in [0, 0.1) is 10.1 Å². The molecule has 3 N–H and O–H groups in total. The molecular weight excluding hydrogens is 453 g/mol. The monoisotopic (exact) mass is 464 g/mol. The molecule has 1 amide bonds. The number of hydrogen-bond acceptors (Lipinski definition) is 7. The Balaban J connectivity index is 1.77. The normalized spacial score (nSPS) is 11.6. The number of alkyl halides is 3. The summed E-state index contributed by atoms with van der Waals surface area (Å²) in [4.78, 5) is 27.5. The molecule has 1 aromatic carbocycles. The second-order valence-corrected chi connectivity index (χ2v) is 8.26. The fourth-order valence-electron chi connectivity index (χ4n) is 2.92. The van der Waals surface area contributed by atoms with E-state index >= 15 is 0 Å². The average Bonchev–Trinajstić information content (AvgIpc) is 3.35. The van der Waals surface area contributed by atoms with Crippen molar-refractivity contribution in [2.45, 2.75) is 6.18 Å². The lowest BCUT2D eigenvalue weighted by Gasteiger charge is -2.10. The van der Waals surface area contributed by atoms with Crippen LogP contribution in [0.3, 0.4) is 0 Å². The first-order valence-electron chi connectivity index (χ1n) is 8.55. The van der Waals surface area contributed by atoms with Crippen LogP contribution in [-0.2, 0) is 6.18 Å². The topological polar surface area (TPSA) is 111 Å². The summed E-state index contributed by atoms with van der Waals surface area (Å²) in [6, 6.07) is 9.29. The first-order chi connectivity index (χ1) is 14.6. The molecule has 0 bridgehead atoms. The van der Waals surface area contributed by atoms with Crippen LogP contribution in [0.1, 0.15) is 15.2 Å². The molecule has 0 saturated heterocycles. The molecule has 7 nitrogen and oxygen atoms in total. The molecular formula is C19H11F3N4O3S2.